The van der Waals surface area contributed by atoms with Crippen LogP contribution in [0.15, 0.2) is 34.0 Å². The van der Waals surface area contributed by atoms with Crippen molar-refractivity contribution in [1.29, 1.82) is 0 Å². The minimum absolute atomic E-state index is 0.00541. The van der Waals surface area contributed by atoms with E-state index in [-0.39, 0.29) is 54.6 Å². The topological polar surface area (TPSA) is 101 Å². The fourth-order valence-corrected chi connectivity index (χ4v) is 25.2. The van der Waals surface area contributed by atoms with Crippen LogP contribution in [0, 0.1) is 11.8 Å². The van der Waals surface area contributed by atoms with Crippen molar-refractivity contribution in [1.82, 2.24) is 0 Å². The zero-order valence-electron chi connectivity index (χ0n) is 44.1. The van der Waals surface area contributed by atoms with Gasteiger partial charge in [0, 0.05) is 20.6 Å². The van der Waals surface area contributed by atoms with Crippen LogP contribution in [-0.2, 0) is 33.0 Å². The van der Waals surface area contributed by atoms with Gasteiger partial charge in [0.2, 0.25) is 0 Å². The van der Waals surface area contributed by atoms with Crippen molar-refractivity contribution in [2.24, 2.45) is 11.8 Å². The Kier molecular flexibility index (Phi) is 26.0. The summed E-state index contributed by atoms with van der Waals surface area (Å²) in [6.07, 6.45) is 22.3. The first-order valence-corrected chi connectivity index (χ1v) is 40.3. The number of esters is 2. The fraction of sp³-hybridized carbons (Fsp3) is 0.849. The van der Waals surface area contributed by atoms with Crippen LogP contribution in [0.1, 0.15) is 172 Å². The third-order valence-corrected chi connectivity index (χ3v) is 35.0. The molecule has 2 rings (SSSR count). The van der Waals surface area contributed by atoms with Crippen molar-refractivity contribution in [3.63, 3.8) is 0 Å². The number of unbranched alkanes of at least 4 members (excludes halogenated alkanes) is 4. The van der Waals surface area contributed by atoms with Gasteiger partial charge in [-0.2, -0.15) is 0 Å². The van der Waals surface area contributed by atoms with Gasteiger partial charge in [0.1, 0.15) is 0 Å². The first kappa shape index (κ1) is 59.4. The first-order valence-electron chi connectivity index (χ1n) is 26.0. The molecule has 0 aliphatic carbocycles. The zero-order chi connectivity index (χ0) is 48.2. The van der Waals surface area contributed by atoms with Gasteiger partial charge in [-0.05, 0) is 18.1 Å². The standard InChI is InChI=1S/C41H73O8Si2.3C4H9.Sn/c1-14-16-24-40(48-38(44)22-21-37(43)45-28-29-50(9,10)11)26-27-41(47-36(40)15-2)25-23-32(4)34(46-41)19-17-31(3)18-20-35(33(5)30-42)49-51(12,13)39(6,7)8;3*1-3-4-2;/h2,15,17-18,20,32-36,42H,14,16,19,21-30H2,1,3-13H3;3*1,3-4H2,2H3;/b15-2?,20-18+,31-17+;;;;/t32-,33+,34+,35-,36-,40-,41-;;;;/m0..../s1. The second-order valence-electron chi connectivity index (χ2n) is 22.9. The summed E-state index contributed by atoms with van der Waals surface area (Å²) >= 11 is -2.79. The van der Waals surface area contributed by atoms with Crippen molar-refractivity contribution in [3.05, 3.63) is 34.0 Å². The van der Waals surface area contributed by atoms with Gasteiger partial charge in [-0.3, -0.25) is 0 Å². The SMILES string of the molecule is CCCC[C@]1(OC(=O)CCC(=O)OCC[Si](C)(C)C)CC[C@]2(CC[C@H](C)[C@@H](C/C=C(C)/C=C/[C@H](O[Si](C)(C)C(C)(C)C)[C@H](C)CO)O2)O[C@H]1/C=[CH]/[Sn]([CH2]CCC)([CH2]CCC)[CH2]CCC. The van der Waals surface area contributed by atoms with Crippen molar-refractivity contribution in [2.75, 3.05) is 13.2 Å². The molecule has 0 saturated carbocycles. The van der Waals surface area contributed by atoms with E-state index in [2.05, 4.69) is 130 Å². The molecule has 2 heterocycles. The maximum absolute atomic E-state index is 13.9. The summed E-state index contributed by atoms with van der Waals surface area (Å²) in [6.45, 7) is 34.2. The quantitative estimate of drug-likeness (QED) is 0.0449. The summed E-state index contributed by atoms with van der Waals surface area (Å²) in [4.78, 5) is 26.7. The zero-order valence-corrected chi connectivity index (χ0v) is 49.0. The van der Waals surface area contributed by atoms with Crippen molar-refractivity contribution in [3.8, 4) is 0 Å². The molecule has 2 saturated heterocycles. The number of aliphatic hydroxyl groups excluding tert-OH is 1. The molecule has 0 amide bonds. The molecule has 8 nitrogen and oxygen atoms in total. The Balaban J connectivity index is 2.51. The third-order valence-electron chi connectivity index (χ3n) is 14.7. The monoisotopic (exact) mass is 1040 g/mol. The molecule has 7 atom stereocenters. The van der Waals surface area contributed by atoms with Crippen LogP contribution < -0.4 is 0 Å². The summed E-state index contributed by atoms with van der Waals surface area (Å²) in [5, 5.41) is 10.2. The van der Waals surface area contributed by atoms with E-state index < -0.39 is 52.3 Å². The van der Waals surface area contributed by atoms with Crippen LogP contribution in [0.5, 0.6) is 0 Å². The Hall–Kier alpha value is -0.768. The average molecular weight is 1040 g/mol. The van der Waals surface area contributed by atoms with Crippen LogP contribution in [0.4, 0.5) is 0 Å². The van der Waals surface area contributed by atoms with Gasteiger partial charge in [0.25, 0.3) is 0 Å². The molecule has 0 radical (unpaired) electrons. The van der Waals surface area contributed by atoms with Gasteiger partial charge in [0.15, 0.2) is 8.32 Å². The maximum atomic E-state index is 13.9. The predicted molar refractivity (Wildman–Crippen MR) is 277 cm³/mol. The Morgan fingerprint density at radius 1 is 0.875 bits per heavy atom. The third kappa shape index (κ3) is 20.1. The van der Waals surface area contributed by atoms with Gasteiger partial charge in [-0.25, -0.2) is 0 Å². The molecular weight excluding hydrogens is 939 g/mol. The number of allylic oxidation sites excluding steroid dienone is 2. The van der Waals surface area contributed by atoms with E-state index in [1.165, 1.54) is 51.8 Å². The van der Waals surface area contributed by atoms with Gasteiger partial charge in [-0.15, -0.1) is 0 Å². The van der Waals surface area contributed by atoms with Crippen LogP contribution in [0.25, 0.3) is 0 Å². The van der Waals surface area contributed by atoms with Gasteiger partial charge >= 0.3 is 293 Å². The average Bonchev–Trinajstić information content (AvgIpc) is 3.23. The number of hydrogen-bond acceptors (Lipinski definition) is 8. The summed E-state index contributed by atoms with van der Waals surface area (Å²) in [6, 6.07) is 0.907. The molecule has 2 aliphatic heterocycles. The molecule has 0 unspecified atom stereocenters. The van der Waals surface area contributed by atoms with E-state index in [4.69, 9.17) is 23.4 Å². The van der Waals surface area contributed by atoms with Crippen LogP contribution >= 0.6 is 0 Å². The van der Waals surface area contributed by atoms with E-state index in [0.717, 1.165) is 43.7 Å². The minimum atomic E-state index is -2.79. The summed E-state index contributed by atoms with van der Waals surface area (Å²) in [7, 11) is -3.39. The molecule has 0 aromatic carbocycles. The van der Waals surface area contributed by atoms with Crippen molar-refractivity contribution in [2.45, 2.75) is 259 Å². The van der Waals surface area contributed by atoms with E-state index in [1.807, 2.05) is 0 Å². The number of hydrogen-bond donors (Lipinski definition) is 1. The van der Waals surface area contributed by atoms with Gasteiger partial charge < -0.3 is 9.53 Å². The summed E-state index contributed by atoms with van der Waals surface area (Å²) in [5.41, 5.74) is 0.321. The molecule has 1 N–H and O–H groups in total. The number of rotatable bonds is 29. The molecule has 64 heavy (non-hydrogen) atoms. The fourth-order valence-electron chi connectivity index (χ4n) is 8.81. The van der Waals surface area contributed by atoms with Crippen LogP contribution in [0.3, 0.4) is 0 Å². The Morgan fingerprint density at radius 2 is 1.47 bits per heavy atom. The second kappa shape index (κ2) is 28.0. The van der Waals surface area contributed by atoms with E-state index in [9.17, 15) is 14.7 Å². The summed E-state index contributed by atoms with van der Waals surface area (Å²) in [5.74, 6) is -1.09. The molecule has 2 fully saturated rings. The number of ether oxygens (including phenoxy) is 4. The molecule has 0 aromatic rings. The molecule has 0 bridgehead atoms. The molecule has 372 valence electrons. The second-order valence-corrected chi connectivity index (χ2v) is 46.3. The van der Waals surface area contributed by atoms with E-state index in [0.29, 0.717) is 31.8 Å². The van der Waals surface area contributed by atoms with Gasteiger partial charge in [-0.1, -0.05) is 47.3 Å². The van der Waals surface area contributed by atoms with Crippen LogP contribution in [0.2, 0.25) is 57.1 Å². The molecule has 11 heteroatoms. The molecular formula is C53H100O8Si2Sn. The van der Waals surface area contributed by atoms with Crippen LogP contribution in [-0.4, -0.2) is 94.7 Å². The molecule has 2 aliphatic rings. The molecule has 1 spiro atoms. The van der Waals surface area contributed by atoms with Crippen molar-refractivity contribution < 1.29 is 38.1 Å². The summed E-state index contributed by atoms with van der Waals surface area (Å²) < 4.78 is 40.4. The normalized spacial score (nSPS) is 25.0. The first-order chi connectivity index (χ1) is 29.9. The van der Waals surface area contributed by atoms with Crippen molar-refractivity contribution >= 4 is 46.7 Å². The number of carbonyl (C=O) groups is 2. The number of carbonyl (C=O) groups excluding carboxylic acids is 2. The predicted octanol–water partition coefficient (Wildman–Crippen LogP) is 14.7. The Bertz CT molecular complexity index is 1440. The Morgan fingerprint density at radius 3 is 2.02 bits per heavy atom. The molecule has 0 aromatic heterocycles. The van der Waals surface area contributed by atoms with Gasteiger partial charge in [0.05, 0.1) is 6.10 Å². The number of aliphatic hydroxyl groups is 1. The Labute approximate surface area is 400 Å². The van der Waals surface area contributed by atoms with E-state index in [1.54, 1.807) is 0 Å². The van der Waals surface area contributed by atoms with E-state index >= 15 is 0 Å².